The number of methoxy groups -OCH3 is 1. The maximum atomic E-state index is 12.2. The molecule has 1 aromatic heterocycles. The number of amides is 1. The summed E-state index contributed by atoms with van der Waals surface area (Å²) in [6, 6.07) is 13.6. The predicted molar refractivity (Wildman–Crippen MR) is 96.7 cm³/mol. The Balaban J connectivity index is 1.75. The molecule has 2 aromatic carbocycles. The Morgan fingerprint density at radius 2 is 2.13 bits per heavy atom. The summed E-state index contributed by atoms with van der Waals surface area (Å²) in [5.41, 5.74) is 1.86. The lowest BCUT2D eigenvalue weighted by Crippen LogP contribution is -2.14. The van der Waals surface area contributed by atoms with Crippen LogP contribution >= 0.6 is 23.1 Å². The molecule has 3 rings (SSSR count). The number of carbonyl (C=O) groups excluding carboxylic acids is 1. The summed E-state index contributed by atoms with van der Waals surface area (Å²) < 4.78 is 6.25. The number of nitrogens with one attached hydrogen (secondary N) is 1. The molecule has 4 nitrogen and oxygen atoms in total. The van der Waals surface area contributed by atoms with Crippen molar-refractivity contribution in [3.05, 3.63) is 48.0 Å². The minimum atomic E-state index is -0.0805. The van der Waals surface area contributed by atoms with Gasteiger partial charge in [0.25, 0.3) is 0 Å². The summed E-state index contributed by atoms with van der Waals surface area (Å²) >= 11 is 3.15. The molecule has 0 radical (unpaired) electrons. The number of carbonyl (C=O) groups is 1. The quantitative estimate of drug-likeness (QED) is 0.705. The van der Waals surface area contributed by atoms with E-state index < -0.39 is 0 Å². The number of anilines is 1. The van der Waals surface area contributed by atoms with Crippen LogP contribution in [0.5, 0.6) is 5.75 Å². The van der Waals surface area contributed by atoms with Crippen molar-refractivity contribution in [1.82, 2.24) is 4.98 Å². The van der Waals surface area contributed by atoms with Crippen molar-refractivity contribution in [2.24, 2.45) is 0 Å². The van der Waals surface area contributed by atoms with E-state index in [1.165, 1.54) is 11.3 Å². The van der Waals surface area contributed by atoms with Gasteiger partial charge in [-0.25, -0.2) is 4.98 Å². The Labute approximate surface area is 142 Å². The van der Waals surface area contributed by atoms with E-state index in [1.54, 1.807) is 18.9 Å². The number of hydrogen-bond acceptors (Lipinski definition) is 5. The Morgan fingerprint density at radius 3 is 2.91 bits per heavy atom. The monoisotopic (exact) mass is 344 g/mol. The first-order valence-electron chi connectivity index (χ1n) is 7.06. The molecular weight excluding hydrogens is 328 g/mol. The van der Waals surface area contributed by atoms with Crippen LogP contribution in [0.4, 0.5) is 5.13 Å². The molecule has 6 heteroatoms. The van der Waals surface area contributed by atoms with Gasteiger partial charge in [-0.05, 0) is 36.1 Å². The lowest BCUT2D eigenvalue weighted by atomic mass is 10.1. The van der Waals surface area contributed by atoms with Crippen LogP contribution in [0.3, 0.4) is 0 Å². The number of hydrogen-bond donors (Lipinski definition) is 1. The van der Waals surface area contributed by atoms with Crippen molar-refractivity contribution < 1.29 is 9.53 Å². The van der Waals surface area contributed by atoms with E-state index in [4.69, 9.17) is 4.74 Å². The van der Waals surface area contributed by atoms with Crippen molar-refractivity contribution in [3.63, 3.8) is 0 Å². The maximum Gasteiger partial charge on any atom is 0.230 e. The number of thioether (sulfide) groups is 1. The molecule has 0 spiro atoms. The molecule has 0 aliphatic carbocycles. The summed E-state index contributed by atoms with van der Waals surface area (Å²) in [5, 5.41) is 3.52. The fourth-order valence-electron chi connectivity index (χ4n) is 2.27. The third-order valence-corrected chi connectivity index (χ3v) is 5.05. The molecule has 0 fully saturated rings. The highest BCUT2D eigenvalue weighted by atomic mass is 32.2. The number of aromatic nitrogens is 1. The van der Waals surface area contributed by atoms with Crippen molar-refractivity contribution in [2.45, 2.75) is 11.3 Å². The summed E-state index contributed by atoms with van der Waals surface area (Å²) in [5.74, 6) is 0.669. The van der Waals surface area contributed by atoms with E-state index in [-0.39, 0.29) is 5.91 Å². The van der Waals surface area contributed by atoms with E-state index in [1.807, 2.05) is 48.7 Å². The summed E-state index contributed by atoms with van der Waals surface area (Å²) in [4.78, 5) is 17.9. The Morgan fingerprint density at radius 1 is 1.30 bits per heavy atom. The second kappa shape index (κ2) is 7.02. The van der Waals surface area contributed by atoms with Crippen LogP contribution in [0.2, 0.25) is 0 Å². The van der Waals surface area contributed by atoms with Crippen LogP contribution in [0.1, 0.15) is 5.56 Å². The number of fused-ring (bicyclic) bond motifs is 1. The van der Waals surface area contributed by atoms with Crippen LogP contribution in [0.25, 0.3) is 10.2 Å². The van der Waals surface area contributed by atoms with E-state index in [0.717, 1.165) is 26.4 Å². The van der Waals surface area contributed by atoms with Crippen LogP contribution in [0, 0.1) is 0 Å². The Bertz CT molecular complexity index is 845. The molecule has 0 unspecified atom stereocenters. The highest BCUT2D eigenvalue weighted by Gasteiger charge is 2.11. The van der Waals surface area contributed by atoms with Crippen LogP contribution in [-0.4, -0.2) is 24.3 Å². The van der Waals surface area contributed by atoms with Gasteiger partial charge in [-0.1, -0.05) is 29.5 Å². The van der Waals surface area contributed by atoms with Gasteiger partial charge in [-0.15, -0.1) is 11.8 Å². The number of ether oxygens (including phenoxy) is 1. The zero-order valence-electron chi connectivity index (χ0n) is 12.8. The molecule has 0 saturated carbocycles. The summed E-state index contributed by atoms with van der Waals surface area (Å²) in [6.07, 6.45) is 2.32. The van der Waals surface area contributed by atoms with Crippen LogP contribution < -0.4 is 10.1 Å². The normalized spacial score (nSPS) is 10.7. The Hall–Kier alpha value is -2.05. The van der Waals surface area contributed by atoms with Crippen molar-refractivity contribution >= 4 is 44.4 Å². The fourth-order valence-corrected chi connectivity index (χ4v) is 3.81. The van der Waals surface area contributed by atoms with E-state index in [9.17, 15) is 4.79 Å². The third kappa shape index (κ3) is 3.65. The highest BCUT2D eigenvalue weighted by molar-refractivity contribution is 7.98. The number of para-hydroxylation sites is 1. The first kappa shape index (κ1) is 15.8. The average Bonchev–Trinajstić information content (AvgIpc) is 2.96. The van der Waals surface area contributed by atoms with E-state index >= 15 is 0 Å². The van der Waals surface area contributed by atoms with Crippen LogP contribution in [-0.2, 0) is 11.2 Å². The molecular formula is C17H16N2O2S2. The van der Waals surface area contributed by atoms with Crippen molar-refractivity contribution in [1.29, 1.82) is 0 Å². The van der Waals surface area contributed by atoms with Crippen LogP contribution in [0.15, 0.2) is 47.4 Å². The van der Waals surface area contributed by atoms with Crippen molar-refractivity contribution in [2.75, 3.05) is 18.7 Å². The summed E-state index contributed by atoms with van der Waals surface area (Å²) in [6.45, 7) is 0. The van der Waals surface area contributed by atoms with Gasteiger partial charge in [0.2, 0.25) is 5.91 Å². The molecule has 23 heavy (non-hydrogen) atoms. The molecule has 0 bridgehead atoms. The second-order valence-corrected chi connectivity index (χ2v) is 6.78. The lowest BCUT2D eigenvalue weighted by Gasteiger charge is -2.04. The van der Waals surface area contributed by atoms with Gasteiger partial charge in [0.15, 0.2) is 5.13 Å². The van der Waals surface area contributed by atoms with Gasteiger partial charge < -0.3 is 10.1 Å². The van der Waals surface area contributed by atoms with Gasteiger partial charge >= 0.3 is 0 Å². The minimum Gasteiger partial charge on any atom is -0.497 e. The largest absolute Gasteiger partial charge is 0.497 e. The highest BCUT2D eigenvalue weighted by Crippen LogP contribution is 2.32. The molecule has 0 atom stereocenters. The zero-order chi connectivity index (χ0) is 16.2. The first-order valence-corrected chi connectivity index (χ1v) is 9.10. The van der Waals surface area contributed by atoms with Gasteiger partial charge in [-0.2, -0.15) is 0 Å². The predicted octanol–water partition coefficient (Wildman–Crippen LogP) is 4.21. The first-order chi connectivity index (χ1) is 11.2. The number of rotatable bonds is 5. The minimum absolute atomic E-state index is 0.0805. The number of nitrogens with zero attached hydrogens (tertiary/aromatic N) is 1. The second-order valence-electron chi connectivity index (χ2n) is 4.90. The average molecular weight is 344 g/mol. The number of thiazole rings is 1. The fraction of sp³-hybridized carbons (Fsp3) is 0.176. The smallest absolute Gasteiger partial charge is 0.230 e. The van der Waals surface area contributed by atoms with E-state index in [0.29, 0.717) is 11.6 Å². The number of benzene rings is 2. The molecule has 0 saturated heterocycles. The lowest BCUT2D eigenvalue weighted by molar-refractivity contribution is -0.115. The summed E-state index contributed by atoms with van der Waals surface area (Å²) in [7, 11) is 1.61. The topological polar surface area (TPSA) is 51.2 Å². The molecule has 118 valence electrons. The SMILES string of the molecule is COc1cccc(CC(=O)Nc2nc3c(SC)cccc3s2)c1. The molecule has 1 N–H and O–H groups in total. The molecule has 1 heterocycles. The zero-order valence-corrected chi connectivity index (χ0v) is 14.5. The van der Waals surface area contributed by atoms with E-state index in [2.05, 4.69) is 10.3 Å². The molecule has 0 aliphatic rings. The van der Waals surface area contributed by atoms with Gasteiger partial charge in [0, 0.05) is 4.90 Å². The third-order valence-electron chi connectivity index (χ3n) is 3.35. The van der Waals surface area contributed by atoms with Gasteiger partial charge in [0.05, 0.1) is 23.7 Å². The van der Waals surface area contributed by atoms with Gasteiger partial charge in [0.1, 0.15) is 5.75 Å². The molecule has 0 aliphatic heterocycles. The molecule has 3 aromatic rings. The molecule has 1 amide bonds. The van der Waals surface area contributed by atoms with Gasteiger partial charge in [-0.3, -0.25) is 4.79 Å². The maximum absolute atomic E-state index is 12.2. The van der Waals surface area contributed by atoms with Crippen molar-refractivity contribution in [3.8, 4) is 5.75 Å². The standard InChI is InChI=1S/C17H16N2O2S2/c1-21-12-6-3-5-11(9-12)10-15(20)18-17-19-16-13(22-2)7-4-8-14(16)23-17/h3-9H,10H2,1-2H3,(H,18,19,20). The Kier molecular flexibility index (Phi) is 4.83.